The third-order valence-corrected chi connectivity index (χ3v) is 7.82. The van der Waals surface area contributed by atoms with Crippen LogP contribution in [0.5, 0.6) is 11.5 Å². The predicted molar refractivity (Wildman–Crippen MR) is 152 cm³/mol. The zero-order valence-corrected chi connectivity index (χ0v) is 24.1. The monoisotopic (exact) mass is 539 g/mol. The summed E-state index contributed by atoms with van der Waals surface area (Å²) in [6.07, 6.45) is 11.2. The summed E-state index contributed by atoms with van der Waals surface area (Å²) in [7, 11) is -1.18. The molecule has 0 aliphatic rings. The first-order valence-corrected chi connectivity index (χ1v) is 17.2. The molecule has 2 heterocycles. The maximum Gasteiger partial charge on any atom is 0.412 e. The molecule has 1 amide bonds. The first-order chi connectivity index (χ1) is 18.3. The molecule has 3 rings (SSSR count). The van der Waals surface area contributed by atoms with Gasteiger partial charge >= 0.3 is 6.09 Å². The Morgan fingerprint density at radius 2 is 1.82 bits per heavy atom. The number of ether oxygens (including phenoxy) is 2. The number of carbonyl (C=O) groups excluding carboxylic acids is 1. The first kappa shape index (κ1) is 29.3. The van der Waals surface area contributed by atoms with Crippen LogP contribution in [0.1, 0.15) is 45.4 Å². The number of pyridine rings is 1. The van der Waals surface area contributed by atoms with E-state index in [-0.39, 0.29) is 5.75 Å². The molecule has 0 saturated carbocycles. The van der Waals surface area contributed by atoms with E-state index in [1.54, 1.807) is 29.2 Å². The number of phenolic OH excluding ortho intramolecular Hbond substituents is 1. The van der Waals surface area contributed by atoms with Gasteiger partial charge < -0.3 is 19.9 Å². The number of phenols is 1. The highest BCUT2D eigenvalue weighted by molar-refractivity contribution is 6.76. The van der Waals surface area contributed by atoms with Crippen LogP contribution in [0.15, 0.2) is 43.0 Å². The van der Waals surface area contributed by atoms with E-state index in [1.807, 2.05) is 6.07 Å². The Bertz CT molecular complexity index is 1160. The topological polar surface area (TPSA) is 111 Å². The van der Waals surface area contributed by atoms with Crippen molar-refractivity contribution in [1.29, 1.82) is 0 Å². The van der Waals surface area contributed by atoms with Crippen molar-refractivity contribution in [2.45, 2.75) is 77.9 Å². The summed E-state index contributed by atoms with van der Waals surface area (Å²) in [6.45, 7) is 10.7. The van der Waals surface area contributed by atoms with E-state index in [9.17, 15) is 9.90 Å². The normalized spacial score (nSPS) is 11.5. The largest absolute Gasteiger partial charge is 0.507 e. The average Bonchev–Trinajstić information content (AvgIpc) is 3.35. The fourth-order valence-electron chi connectivity index (χ4n) is 3.87. The van der Waals surface area contributed by atoms with E-state index in [4.69, 9.17) is 9.47 Å². The summed E-state index contributed by atoms with van der Waals surface area (Å²) in [5.41, 5.74) is 1.89. The van der Waals surface area contributed by atoms with Gasteiger partial charge in [-0.15, -0.1) is 0 Å². The van der Waals surface area contributed by atoms with Crippen molar-refractivity contribution < 1.29 is 19.4 Å². The van der Waals surface area contributed by atoms with E-state index in [1.165, 1.54) is 38.1 Å². The molecule has 0 unspecified atom stereocenters. The van der Waals surface area contributed by atoms with Crippen molar-refractivity contribution in [2.24, 2.45) is 0 Å². The van der Waals surface area contributed by atoms with Crippen molar-refractivity contribution in [3.63, 3.8) is 0 Å². The van der Waals surface area contributed by atoms with Crippen LogP contribution >= 0.6 is 0 Å². The van der Waals surface area contributed by atoms with Gasteiger partial charge in [-0.3, -0.25) is 4.98 Å². The number of nitrogens with zero attached hydrogens (tertiary/aromatic N) is 4. The Labute approximate surface area is 226 Å². The molecule has 10 heteroatoms. The number of nitrogens with one attached hydrogen (secondary N) is 1. The maximum absolute atomic E-state index is 12.3. The lowest BCUT2D eigenvalue weighted by molar-refractivity contribution is 0.0796. The van der Waals surface area contributed by atoms with Crippen LogP contribution in [0.25, 0.3) is 22.5 Å². The molecule has 9 nitrogen and oxygen atoms in total. The van der Waals surface area contributed by atoms with Gasteiger partial charge in [0.15, 0.2) is 5.82 Å². The molecule has 0 fully saturated rings. The van der Waals surface area contributed by atoms with Crippen molar-refractivity contribution in [1.82, 2.24) is 25.1 Å². The number of hydrogen-bond donors (Lipinski definition) is 2. The Balaban J connectivity index is 1.62. The van der Waals surface area contributed by atoms with Gasteiger partial charge in [-0.05, 0) is 36.7 Å². The second-order valence-corrected chi connectivity index (χ2v) is 16.3. The lowest BCUT2D eigenvalue weighted by Gasteiger charge is -2.15. The summed E-state index contributed by atoms with van der Waals surface area (Å²) >= 11 is 0. The van der Waals surface area contributed by atoms with Crippen LogP contribution in [0, 0.1) is 0 Å². The Kier molecular flexibility index (Phi) is 11.3. The predicted octanol–water partition coefficient (Wildman–Crippen LogP) is 6.47. The lowest BCUT2D eigenvalue weighted by atomic mass is 10.0. The van der Waals surface area contributed by atoms with Crippen LogP contribution in [0.3, 0.4) is 0 Å². The van der Waals surface area contributed by atoms with Crippen molar-refractivity contribution in [3.05, 3.63) is 43.0 Å². The Hall–Kier alpha value is -3.24. The lowest BCUT2D eigenvalue weighted by Crippen LogP contribution is -2.27. The van der Waals surface area contributed by atoms with Crippen LogP contribution < -0.4 is 10.1 Å². The summed E-state index contributed by atoms with van der Waals surface area (Å²) in [4.78, 5) is 21.0. The number of benzene rings is 1. The molecule has 0 radical (unpaired) electrons. The molecule has 2 N–H and O–H groups in total. The molecule has 0 aliphatic carbocycles. The highest BCUT2D eigenvalue weighted by Crippen LogP contribution is 2.34. The highest BCUT2D eigenvalue weighted by atomic mass is 28.3. The van der Waals surface area contributed by atoms with E-state index in [0.717, 1.165) is 24.4 Å². The number of aromatic hydroxyl groups is 1. The summed E-state index contributed by atoms with van der Waals surface area (Å²) in [6, 6.07) is 7.64. The number of carbonyl (C=O) groups is 1. The average molecular weight is 540 g/mol. The van der Waals surface area contributed by atoms with E-state index in [2.05, 4.69) is 46.9 Å². The van der Waals surface area contributed by atoms with Crippen molar-refractivity contribution in [3.8, 4) is 34.0 Å². The van der Waals surface area contributed by atoms with Crippen LogP contribution in [0.4, 0.5) is 4.79 Å². The molecule has 2 aromatic heterocycles. The fourth-order valence-corrected chi connectivity index (χ4v) is 4.63. The second kappa shape index (κ2) is 14.6. The molecule has 0 atom stereocenters. The van der Waals surface area contributed by atoms with Gasteiger partial charge in [0, 0.05) is 50.3 Å². The number of aromatic nitrogens is 4. The fraction of sp³-hybridized carbons (Fsp3) is 0.500. The van der Waals surface area contributed by atoms with E-state index >= 15 is 0 Å². The SMILES string of the molecule is CCCCCCCCNC(=O)Oc1ccc(O)c(-c2cncc(-c3ncnn3COCC[Si](C)(C)C)c2)c1. The summed E-state index contributed by atoms with van der Waals surface area (Å²) < 4.78 is 13.0. The van der Waals surface area contributed by atoms with Gasteiger partial charge in [-0.2, -0.15) is 5.10 Å². The van der Waals surface area contributed by atoms with Gasteiger partial charge in [0.2, 0.25) is 0 Å². The maximum atomic E-state index is 12.3. The Morgan fingerprint density at radius 3 is 2.61 bits per heavy atom. The molecule has 0 aliphatic heterocycles. The van der Waals surface area contributed by atoms with Gasteiger partial charge in [0.25, 0.3) is 0 Å². The molecule has 0 saturated heterocycles. The zero-order chi connectivity index (χ0) is 27.4. The van der Waals surface area contributed by atoms with Crippen LogP contribution in [0.2, 0.25) is 25.7 Å². The quantitative estimate of drug-likeness (QED) is 0.168. The van der Waals surface area contributed by atoms with Gasteiger partial charge in [-0.25, -0.2) is 14.5 Å². The minimum Gasteiger partial charge on any atom is -0.507 e. The summed E-state index contributed by atoms with van der Waals surface area (Å²) in [5, 5.41) is 17.6. The number of rotatable bonds is 15. The van der Waals surface area contributed by atoms with Gasteiger partial charge in [0.1, 0.15) is 24.6 Å². The molecular formula is C28H41N5O4Si. The molecule has 0 bridgehead atoms. The zero-order valence-electron chi connectivity index (χ0n) is 23.1. The van der Waals surface area contributed by atoms with Crippen LogP contribution in [-0.4, -0.2) is 52.2 Å². The third kappa shape index (κ3) is 9.57. The summed E-state index contributed by atoms with van der Waals surface area (Å²) in [5.74, 6) is 1.01. The smallest absolute Gasteiger partial charge is 0.412 e. The standard InChI is InChI=1S/C28H41N5O4Si/c1-5-6-7-8-9-10-13-30-28(35)37-24-11-12-26(34)25(17-24)22-16-23(19-29-18-22)27-31-20-32-33(27)21-36-14-15-38(2,3)4/h11-12,16-20,34H,5-10,13-15,21H2,1-4H3,(H,30,35). The van der Waals surface area contributed by atoms with E-state index in [0.29, 0.717) is 42.6 Å². The first-order valence-electron chi connectivity index (χ1n) is 13.5. The molecule has 206 valence electrons. The molecule has 0 spiro atoms. The van der Waals surface area contributed by atoms with Gasteiger partial charge in [-0.1, -0.05) is 58.7 Å². The minimum atomic E-state index is -1.18. The number of hydrogen-bond acceptors (Lipinski definition) is 7. The van der Waals surface area contributed by atoms with Crippen molar-refractivity contribution >= 4 is 14.2 Å². The van der Waals surface area contributed by atoms with Gasteiger partial charge in [0.05, 0.1) is 0 Å². The second-order valence-electron chi connectivity index (χ2n) is 10.7. The molecule has 3 aromatic rings. The molecule has 38 heavy (non-hydrogen) atoms. The highest BCUT2D eigenvalue weighted by Gasteiger charge is 2.15. The van der Waals surface area contributed by atoms with Crippen molar-refractivity contribution in [2.75, 3.05) is 13.2 Å². The molecule has 1 aromatic carbocycles. The Morgan fingerprint density at radius 1 is 1.05 bits per heavy atom. The molecular weight excluding hydrogens is 498 g/mol. The van der Waals surface area contributed by atoms with Crippen LogP contribution in [-0.2, 0) is 11.5 Å². The third-order valence-electron chi connectivity index (χ3n) is 6.11. The number of amides is 1. The van der Waals surface area contributed by atoms with E-state index < -0.39 is 14.2 Å². The number of unbranched alkanes of at least 4 members (excludes halogenated alkanes) is 5. The minimum absolute atomic E-state index is 0.0555.